The van der Waals surface area contributed by atoms with E-state index in [0.717, 1.165) is 17.4 Å². The number of hydrogen-bond donors (Lipinski definition) is 0. The molecule has 0 aliphatic carbocycles. The molecule has 0 unspecified atom stereocenters. The number of hydrogen-bond acceptors (Lipinski definition) is 0. The second-order valence-corrected chi connectivity index (χ2v) is 8.69. The van der Waals surface area contributed by atoms with Crippen molar-refractivity contribution in [3.05, 3.63) is 0 Å². The zero-order valence-electron chi connectivity index (χ0n) is 9.72. The zero-order valence-corrected chi connectivity index (χ0v) is 10.9. The van der Waals surface area contributed by atoms with Gasteiger partial charge in [0.1, 0.15) is 0 Å². The van der Waals surface area contributed by atoms with Crippen molar-refractivity contribution >= 4 is 8.80 Å². The molecule has 12 heavy (non-hydrogen) atoms. The highest BCUT2D eigenvalue weighted by Gasteiger charge is 2.16. The van der Waals surface area contributed by atoms with Crippen molar-refractivity contribution in [1.82, 2.24) is 0 Å². The van der Waals surface area contributed by atoms with Gasteiger partial charge in [-0.3, -0.25) is 0 Å². The Bertz CT molecular complexity index is 95.6. The molecular formula is C11H26Si. The summed E-state index contributed by atoms with van der Waals surface area (Å²) in [5.74, 6) is 1.78. The van der Waals surface area contributed by atoms with E-state index in [-0.39, 0.29) is 0 Å². The van der Waals surface area contributed by atoms with Crippen LogP contribution in [0.15, 0.2) is 0 Å². The SMILES string of the molecule is CC(C)CC(CC(C)C)[SiH](C)C. The fraction of sp³-hybridized carbons (Fsp3) is 1.00. The van der Waals surface area contributed by atoms with E-state index in [9.17, 15) is 0 Å². The molecule has 0 spiro atoms. The van der Waals surface area contributed by atoms with E-state index in [1.54, 1.807) is 0 Å². The highest BCUT2D eigenvalue weighted by atomic mass is 28.3. The van der Waals surface area contributed by atoms with Crippen LogP contribution in [0.2, 0.25) is 18.6 Å². The van der Waals surface area contributed by atoms with E-state index in [2.05, 4.69) is 40.8 Å². The summed E-state index contributed by atoms with van der Waals surface area (Å²) in [4.78, 5) is 0. The normalized spacial score (nSPS) is 12.5. The quantitative estimate of drug-likeness (QED) is 0.571. The van der Waals surface area contributed by atoms with Crippen LogP contribution in [0.4, 0.5) is 0 Å². The first-order chi connectivity index (χ1) is 5.43. The van der Waals surface area contributed by atoms with Crippen molar-refractivity contribution in [3.8, 4) is 0 Å². The van der Waals surface area contributed by atoms with Gasteiger partial charge in [0.2, 0.25) is 0 Å². The van der Waals surface area contributed by atoms with Gasteiger partial charge < -0.3 is 0 Å². The molecule has 0 aliphatic rings. The maximum atomic E-state index is 2.50. The lowest BCUT2D eigenvalue weighted by atomic mass is 10.0. The molecule has 0 aromatic rings. The van der Waals surface area contributed by atoms with Crippen molar-refractivity contribution < 1.29 is 0 Å². The maximum absolute atomic E-state index is 2.50. The summed E-state index contributed by atoms with van der Waals surface area (Å²) >= 11 is 0. The van der Waals surface area contributed by atoms with Gasteiger partial charge in [-0.15, -0.1) is 0 Å². The summed E-state index contributed by atoms with van der Waals surface area (Å²) in [5.41, 5.74) is 1.07. The van der Waals surface area contributed by atoms with Gasteiger partial charge in [-0.25, -0.2) is 0 Å². The lowest BCUT2D eigenvalue weighted by Gasteiger charge is -2.23. The smallest absolute Gasteiger partial charge is 0.0337 e. The highest BCUT2D eigenvalue weighted by Crippen LogP contribution is 2.28. The molecule has 74 valence electrons. The van der Waals surface area contributed by atoms with Crippen molar-refractivity contribution in [2.24, 2.45) is 11.8 Å². The van der Waals surface area contributed by atoms with Crippen LogP contribution in [0.5, 0.6) is 0 Å². The van der Waals surface area contributed by atoms with E-state index in [4.69, 9.17) is 0 Å². The second kappa shape index (κ2) is 5.79. The Balaban J connectivity index is 3.87. The van der Waals surface area contributed by atoms with Crippen molar-refractivity contribution in [3.63, 3.8) is 0 Å². The molecule has 1 heteroatoms. The largest absolute Gasteiger partial charge is 0.0720 e. The molecule has 0 nitrogen and oxygen atoms in total. The minimum atomic E-state index is -0.398. The Morgan fingerprint density at radius 3 is 1.33 bits per heavy atom. The second-order valence-electron chi connectivity index (χ2n) is 5.26. The molecule has 0 saturated carbocycles. The Hall–Kier alpha value is 0.217. The average molecular weight is 186 g/mol. The van der Waals surface area contributed by atoms with Gasteiger partial charge in [0.15, 0.2) is 0 Å². The molecular weight excluding hydrogens is 160 g/mol. The van der Waals surface area contributed by atoms with Gasteiger partial charge in [0.05, 0.1) is 0 Å². The van der Waals surface area contributed by atoms with Crippen LogP contribution in [0.3, 0.4) is 0 Å². The monoisotopic (exact) mass is 186 g/mol. The van der Waals surface area contributed by atoms with Crippen LogP contribution in [0, 0.1) is 11.8 Å². The molecule has 0 bridgehead atoms. The highest BCUT2D eigenvalue weighted by molar-refractivity contribution is 6.57. The molecule has 0 aromatic carbocycles. The molecule has 0 saturated heterocycles. The lowest BCUT2D eigenvalue weighted by molar-refractivity contribution is 0.474. The van der Waals surface area contributed by atoms with Gasteiger partial charge in [-0.1, -0.05) is 53.6 Å². The minimum Gasteiger partial charge on any atom is -0.0720 e. The number of rotatable bonds is 5. The van der Waals surface area contributed by atoms with Crippen LogP contribution < -0.4 is 0 Å². The van der Waals surface area contributed by atoms with Crippen LogP contribution in [0.25, 0.3) is 0 Å². The first kappa shape index (κ1) is 12.2. The Morgan fingerprint density at radius 2 is 1.17 bits per heavy atom. The summed E-state index contributed by atoms with van der Waals surface area (Å²) < 4.78 is 0. The third-order valence-electron chi connectivity index (χ3n) is 2.49. The molecule has 0 atom stereocenters. The van der Waals surface area contributed by atoms with Crippen molar-refractivity contribution in [2.75, 3.05) is 0 Å². The van der Waals surface area contributed by atoms with Crippen LogP contribution in [0.1, 0.15) is 40.5 Å². The van der Waals surface area contributed by atoms with E-state index in [1.807, 2.05) is 0 Å². The molecule has 0 fully saturated rings. The lowest BCUT2D eigenvalue weighted by Crippen LogP contribution is -2.16. The first-order valence-electron chi connectivity index (χ1n) is 5.43. The van der Waals surface area contributed by atoms with Crippen LogP contribution >= 0.6 is 0 Å². The van der Waals surface area contributed by atoms with Crippen molar-refractivity contribution in [1.29, 1.82) is 0 Å². The molecule has 0 rings (SSSR count). The topological polar surface area (TPSA) is 0 Å². The van der Waals surface area contributed by atoms with E-state index >= 15 is 0 Å². The van der Waals surface area contributed by atoms with Gasteiger partial charge in [-0.2, -0.15) is 0 Å². The Kier molecular flexibility index (Phi) is 5.90. The summed E-state index contributed by atoms with van der Waals surface area (Å²) in [6, 6.07) is 0. The molecule has 0 N–H and O–H groups in total. The molecule has 0 aromatic heterocycles. The van der Waals surface area contributed by atoms with Gasteiger partial charge >= 0.3 is 0 Å². The van der Waals surface area contributed by atoms with Gasteiger partial charge in [-0.05, 0) is 17.4 Å². The summed E-state index contributed by atoms with van der Waals surface area (Å²) in [7, 11) is -0.398. The van der Waals surface area contributed by atoms with E-state index in [0.29, 0.717) is 0 Å². The minimum absolute atomic E-state index is 0.398. The molecule has 0 amide bonds. The third-order valence-corrected chi connectivity index (χ3v) is 4.92. The van der Waals surface area contributed by atoms with Crippen molar-refractivity contribution in [2.45, 2.75) is 59.2 Å². The predicted octanol–water partition coefficient (Wildman–Crippen LogP) is 3.94. The fourth-order valence-corrected chi connectivity index (χ4v) is 4.03. The average Bonchev–Trinajstić information content (AvgIpc) is 1.83. The Morgan fingerprint density at radius 1 is 0.833 bits per heavy atom. The van der Waals surface area contributed by atoms with E-state index < -0.39 is 8.80 Å². The van der Waals surface area contributed by atoms with Gasteiger partial charge in [0.25, 0.3) is 0 Å². The summed E-state index contributed by atoms with van der Waals surface area (Å²) in [6.45, 7) is 14.4. The first-order valence-corrected chi connectivity index (χ1v) is 8.41. The molecule has 0 radical (unpaired) electrons. The predicted molar refractivity (Wildman–Crippen MR) is 61.5 cm³/mol. The maximum Gasteiger partial charge on any atom is 0.0337 e. The molecule has 0 aliphatic heterocycles. The van der Waals surface area contributed by atoms with Crippen LogP contribution in [-0.2, 0) is 0 Å². The zero-order chi connectivity index (χ0) is 9.72. The van der Waals surface area contributed by atoms with Crippen LogP contribution in [-0.4, -0.2) is 8.80 Å². The fourth-order valence-electron chi connectivity index (χ4n) is 1.85. The summed E-state index contributed by atoms with van der Waals surface area (Å²) in [5, 5.41) is 0. The summed E-state index contributed by atoms with van der Waals surface area (Å²) in [6.07, 6.45) is 2.92. The standard InChI is InChI=1S/C11H26Si/c1-9(2)7-11(12(5)6)8-10(3)4/h9-12H,7-8H2,1-6H3. The van der Waals surface area contributed by atoms with E-state index in [1.165, 1.54) is 12.8 Å². The van der Waals surface area contributed by atoms with Gasteiger partial charge in [0, 0.05) is 8.80 Å². The Labute approximate surface area is 80.4 Å². The molecule has 0 heterocycles. The third kappa shape index (κ3) is 5.82.